The molecule has 9 heavy (non-hydrogen) atoms. The molecule has 1 N–H and O–H groups in total. The fraction of sp³-hybridized carbons (Fsp3) is 0.800. The number of nitrogens with zero attached hydrogens (tertiary/aromatic N) is 1. The summed E-state index contributed by atoms with van der Waals surface area (Å²) in [5.41, 5.74) is 2.91. The van der Waals surface area contributed by atoms with E-state index in [-0.39, 0.29) is 11.8 Å². The van der Waals surface area contributed by atoms with Crippen molar-refractivity contribution in [3.05, 3.63) is 0 Å². The van der Waals surface area contributed by atoms with Crippen LogP contribution < -0.4 is 5.43 Å². The van der Waals surface area contributed by atoms with Gasteiger partial charge in [-0.25, -0.2) is 5.43 Å². The molecule has 0 radical (unpaired) electrons. The van der Waals surface area contributed by atoms with Gasteiger partial charge in [-0.05, 0) is 6.42 Å². The highest BCUT2D eigenvalue weighted by molar-refractivity contribution is 6.27. The maximum atomic E-state index is 10.7. The number of hydrogen-bond acceptors (Lipinski definition) is 2. The van der Waals surface area contributed by atoms with Crippen LogP contribution in [0.3, 0.4) is 0 Å². The van der Waals surface area contributed by atoms with Gasteiger partial charge in [-0.3, -0.25) is 9.80 Å². The lowest BCUT2D eigenvalue weighted by Crippen LogP contribution is -2.37. The average Bonchev–Trinajstić information content (AvgIpc) is 2.37. The first-order valence-electron chi connectivity index (χ1n) is 2.94. The van der Waals surface area contributed by atoms with Crippen molar-refractivity contribution in [2.75, 3.05) is 19.0 Å². The van der Waals surface area contributed by atoms with Crippen molar-refractivity contribution < 1.29 is 4.79 Å². The largest absolute Gasteiger partial charge is 0.277 e. The summed E-state index contributed by atoms with van der Waals surface area (Å²) in [7, 11) is 0. The Kier molecular flexibility index (Phi) is 2.30. The van der Waals surface area contributed by atoms with Crippen LogP contribution in [0.5, 0.6) is 0 Å². The van der Waals surface area contributed by atoms with Crippen LogP contribution in [0.2, 0.25) is 0 Å². The summed E-state index contributed by atoms with van der Waals surface area (Å²) in [5, 5.41) is 1.56. The van der Waals surface area contributed by atoms with Gasteiger partial charge in [-0.1, -0.05) is 0 Å². The van der Waals surface area contributed by atoms with E-state index in [4.69, 9.17) is 11.6 Å². The molecule has 0 atom stereocenters. The lowest BCUT2D eigenvalue weighted by molar-refractivity contribution is -0.129. The molecule has 0 saturated carbocycles. The fourth-order valence-corrected chi connectivity index (χ4v) is 0.960. The Morgan fingerprint density at radius 3 is 3.00 bits per heavy atom. The molecule has 0 bridgehead atoms. The molecule has 1 aliphatic heterocycles. The number of rotatable bonds is 1. The molecule has 1 fully saturated rings. The van der Waals surface area contributed by atoms with E-state index in [0.29, 0.717) is 0 Å². The van der Waals surface area contributed by atoms with Crippen molar-refractivity contribution in [2.24, 2.45) is 0 Å². The molecule has 0 unspecified atom stereocenters. The Morgan fingerprint density at radius 1 is 1.78 bits per heavy atom. The van der Waals surface area contributed by atoms with E-state index in [1.54, 1.807) is 5.01 Å². The monoisotopic (exact) mass is 148 g/mol. The summed E-state index contributed by atoms with van der Waals surface area (Å²) in [4.78, 5) is 10.7. The smallest absolute Gasteiger partial charge is 0.251 e. The third kappa shape index (κ3) is 1.56. The second-order valence-electron chi connectivity index (χ2n) is 1.94. The van der Waals surface area contributed by atoms with E-state index in [0.717, 1.165) is 19.5 Å². The summed E-state index contributed by atoms with van der Waals surface area (Å²) < 4.78 is 0. The van der Waals surface area contributed by atoms with E-state index >= 15 is 0 Å². The van der Waals surface area contributed by atoms with Gasteiger partial charge in [0.15, 0.2) is 0 Å². The lowest BCUT2D eigenvalue weighted by Gasteiger charge is -2.12. The van der Waals surface area contributed by atoms with Crippen molar-refractivity contribution in [2.45, 2.75) is 6.42 Å². The van der Waals surface area contributed by atoms with E-state index in [1.165, 1.54) is 0 Å². The fourth-order valence-electron chi connectivity index (χ4n) is 0.815. The molecule has 0 spiro atoms. The Balaban J connectivity index is 2.32. The lowest BCUT2D eigenvalue weighted by atomic mass is 10.5. The molecule has 4 heteroatoms. The molecule has 0 aromatic carbocycles. The zero-order valence-electron chi connectivity index (χ0n) is 5.06. The second kappa shape index (κ2) is 3.03. The number of hydrogen-bond donors (Lipinski definition) is 1. The summed E-state index contributed by atoms with van der Waals surface area (Å²) in [5.74, 6) is 0.0432. The van der Waals surface area contributed by atoms with Crippen LogP contribution in [-0.2, 0) is 4.79 Å². The number of amides is 1. The molecule has 3 nitrogen and oxygen atoms in total. The molecule has 0 aliphatic carbocycles. The van der Waals surface area contributed by atoms with Gasteiger partial charge in [0.2, 0.25) is 0 Å². The third-order valence-corrected chi connectivity index (χ3v) is 1.51. The first-order chi connectivity index (χ1) is 4.34. The average molecular weight is 149 g/mol. The zero-order chi connectivity index (χ0) is 6.69. The standard InChI is InChI=1S/C5H9ClN2O/c6-4-5(9)8-3-1-2-7-8/h7H,1-4H2. The minimum atomic E-state index is -0.0332. The minimum Gasteiger partial charge on any atom is -0.277 e. The molecule has 1 aliphatic rings. The van der Waals surface area contributed by atoms with Gasteiger partial charge >= 0.3 is 0 Å². The summed E-state index contributed by atoms with van der Waals surface area (Å²) >= 11 is 5.30. The van der Waals surface area contributed by atoms with Crippen LogP contribution in [-0.4, -0.2) is 29.9 Å². The van der Waals surface area contributed by atoms with Gasteiger partial charge in [0.05, 0.1) is 0 Å². The van der Waals surface area contributed by atoms with Crippen molar-refractivity contribution >= 4 is 17.5 Å². The normalized spacial score (nSPS) is 18.6. The third-order valence-electron chi connectivity index (χ3n) is 1.28. The number of nitrogens with one attached hydrogen (secondary N) is 1. The number of hydrazine groups is 1. The highest BCUT2D eigenvalue weighted by atomic mass is 35.5. The Bertz CT molecular complexity index is 112. The van der Waals surface area contributed by atoms with Crippen LogP contribution >= 0.6 is 11.6 Å². The number of carbonyl (C=O) groups excluding carboxylic acids is 1. The second-order valence-corrected chi connectivity index (χ2v) is 2.21. The Morgan fingerprint density at radius 2 is 2.56 bits per heavy atom. The van der Waals surface area contributed by atoms with Gasteiger partial charge in [-0.15, -0.1) is 11.6 Å². The Hall–Kier alpha value is -0.280. The van der Waals surface area contributed by atoms with Crippen LogP contribution in [0.15, 0.2) is 0 Å². The molecule has 0 aromatic heterocycles. The summed E-state index contributed by atoms with van der Waals surface area (Å²) in [6.45, 7) is 1.69. The van der Waals surface area contributed by atoms with Crippen molar-refractivity contribution in [3.8, 4) is 0 Å². The van der Waals surface area contributed by atoms with Crippen molar-refractivity contribution in [1.29, 1.82) is 0 Å². The predicted octanol–water partition coefficient (Wildman–Crippen LogP) is -0.0379. The molecule has 1 saturated heterocycles. The molecule has 1 heterocycles. The van der Waals surface area contributed by atoms with Gasteiger partial charge in [-0.2, -0.15) is 0 Å². The van der Waals surface area contributed by atoms with Crippen LogP contribution in [0.25, 0.3) is 0 Å². The first kappa shape index (κ1) is 6.83. The number of alkyl halides is 1. The number of carbonyl (C=O) groups is 1. The van der Waals surface area contributed by atoms with Crippen molar-refractivity contribution in [1.82, 2.24) is 10.4 Å². The maximum Gasteiger partial charge on any atom is 0.251 e. The quantitative estimate of drug-likeness (QED) is 0.530. The molecular formula is C5H9ClN2O. The molecule has 0 aromatic rings. The van der Waals surface area contributed by atoms with Gasteiger partial charge in [0.1, 0.15) is 5.88 Å². The topological polar surface area (TPSA) is 32.3 Å². The van der Waals surface area contributed by atoms with Gasteiger partial charge in [0.25, 0.3) is 5.91 Å². The zero-order valence-corrected chi connectivity index (χ0v) is 5.82. The van der Waals surface area contributed by atoms with E-state index < -0.39 is 0 Å². The van der Waals surface area contributed by atoms with E-state index in [1.807, 2.05) is 0 Å². The highest BCUT2D eigenvalue weighted by Crippen LogP contribution is 1.96. The van der Waals surface area contributed by atoms with E-state index in [9.17, 15) is 4.79 Å². The van der Waals surface area contributed by atoms with Crippen molar-refractivity contribution in [3.63, 3.8) is 0 Å². The first-order valence-corrected chi connectivity index (χ1v) is 3.48. The minimum absolute atomic E-state index is 0.0332. The van der Waals surface area contributed by atoms with Gasteiger partial charge in [0, 0.05) is 13.1 Å². The Labute approximate surface area is 58.9 Å². The summed E-state index contributed by atoms with van der Waals surface area (Å²) in [6.07, 6.45) is 1.03. The highest BCUT2D eigenvalue weighted by Gasteiger charge is 2.15. The summed E-state index contributed by atoms with van der Waals surface area (Å²) in [6, 6.07) is 0. The predicted molar refractivity (Wildman–Crippen MR) is 35.1 cm³/mol. The van der Waals surface area contributed by atoms with Crippen LogP contribution in [0, 0.1) is 0 Å². The van der Waals surface area contributed by atoms with Gasteiger partial charge < -0.3 is 0 Å². The van der Waals surface area contributed by atoms with Crippen LogP contribution in [0.4, 0.5) is 0 Å². The molecule has 1 rings (SSSR count). The molecule has 52 valence electrons. The maximum absolute atomic E-state index is 10.7. The molecular weight excluding hydrogens is 140 g/mol. The SMILES string of the molecule is O=C(CCl)N1CCCN1. The van der Waals surface area contributed by atoms with E-state index in [2.05, 4.69) is 5.43 Å². The van der Waals surface area contributed by atoms with Crippen LogP contribution in [0.1, 0.15) is 6.42 Å². The number of halogens is 1. The molecule has 1 amide bonds.